The molecule has 1 aromatic carbocycles. The Kier molecular flexibility index (Phi) is 6.88. The molecule has 0 aromatic heterocycles. The van der Waals surface area contributed by atoms with E-state index in [0.29, 0.717) is 37.0 Å². The number of nitrogens with zero attached hydrogens (tertiary/aromatic N) is 2. The van der Waals surface area contributed by atoms with Crippen LogP contribution < -0.4 is 0 Å². The van der Waals surface area contributed by atoms with Crippen molar-refractivity contribution in [2.75, 3.05) is 26.2 Å². The maximum absolute atomic E-state index is 12.9. The van der Waals surface area contributed by atoms with Crippen molar-refractivity contribution in [3.05, 3.63) is 29.8 Å². The van der Waals surface area contributed by atoms with Crippen LogP contribution in [0.5, 0.6) is 0 Å². The fourth-order valence-corrected chi connectivity index (χ4v) is 5.54. The lowest BCUT2D eigenvalue weighted by Gasteiger charge is -2.34. The van der Waals surface area contributed by atoms with E-state index in [0.717, 1.165) is 0 Å². The molecule has 1 saturated heterocycles. The summed E-state index contributed by atoms with van der Waals surface area (Å²) in [5.74, 6) is 0.463. The Balaban J connectivity index is 1.59. The van der Waals surface area contributed by atoms with Gasteiger partial charge in [0.1, 0.15) is 5.78 Å². The van der Waals surface area contributed by atoms with Gasteiger partial charge in [-0.15, -0.1) is 0 Å². The zero-order valence-electron chi connectivity index (χ0n) is 16.6. The molecule has 0 N–H and O–H groups in total. The molecule has 2 fully saturated rings. The Morgan fingerprint density at radius 2 is 1.54 bits per heavy atom. The molecule has 1 amide bonds. The molecule has 1 saturated carbocycles. The molecular weight excluding hydrogens is 376 g/mol. The molecule has 3 rings (SSSR count). The largest absolute Gasteiger partial charge is 0.340 e. The van der Waals surface area contributed by atoms with Crippen LogP contribution >= 0.6 is 0 Å². The third kappa shape index (κ3) is 5.00. The maximum atomic E-state index is 12.9. The second-order valence-electron chi connectivity index (χ2n) is 7.89. The lowest BCUT2D eigenvalue weighted by molar-refractivity contribution is -0.134. The highest BCUT2D eigenvalue weighted by atomic mass is 32.2. The van der Waals surface area contributed by atoms with E-state index in [1.165, 1.54) is 48.9 Å². The highest BCUT2D eigenvalue weighted by Gasteiger charge is 2.30. The molecule has 1 heterocycles. The fourth-order valence-electron chi connectivity index (χ4n) is 4.12. The average Bonchev–Trinajstić information content (AvgIpc) is 2.73. The van der Waals surface area contributed by atoms with Gasteiger partial charge in [-0.2, -0.15) is 4.31 Å². The topological polar surface area (TPSA) is 74.8 Å². The number of amides is 1. The summed E-state index contributed by atoms with van der Waals surface area (Å²) in [4.78, 5) is 25.1. The summed E-state index contributed by atoms with van der Waals surface area (Å²) in [6, 6.07) is 7.38. The minimum Gasteiger partial charge on any atom is -0.340 e. The monoisotopic (exact) mass is 406 g/mol. The Morgan fingerprint density at radius 3 is 2.11 bits per heavy atom. The van der Waals surface area contributed by atoms with Crippen LogP contribution in [0.25, 0.3) is 0 Å². The smallest absolute Gasteiger partial charge is 0.243 e. The van der Waals surface area contributed by atoms with Crippen LogP contribution in [0.15, 0.2) is 29.2 Å². The van der Waals surface area contributed by atoms with Gasteiger partial charge in [0, 0.05) is 39.0 Å². The third-order valence-electron chi connectivity index (χ3n) is 5.88. The van der Waals surface area contributed by atoms with Gasteiger partial charge in [0.05, 0.1) is 4.90 Å². The zero-order valence-corrected chi connectivity index (χ0v) is 17.4. The van der Waals surface area contributed by atoms with Gasteiger partial charge in [-0.05, 0) is 43.4 Å². The molecule has 6 nitrogen and oxygen atoms in total. The first-order valence-corrected chi connectivity index (χ1v) is 11.7. The van der Waals surface area contributed by atoms with Crippen LogP contribution in [0.4, 0.5) is 0 Å². The van der Waals surface area contributed by atoms with Crippen molar-refractivity contribution in [3.63, 3.8) is 0 Å². The zero-order chi connectivity index (χ0) is 20.1. The summed E-state index contributed by atoms with van der Waals surface area (Å²) >= 11 is 0. The van der Waals surface area contributed by atoms with Crippen molar-refractivity contribution in [2.45, 2.75) is 62.7 Å². The molecule has 154 valence electrons. The van der Waals surface area contributed by atoms with E-state index in [4.69, 9.17) is 0 Å². The number of sulfonamides is 1. The highest BCUT2D eigenvalue weighted by molar-refractivity contribution is 7.89. The summed E-state index contributed by atoms with van der Waals surface area (Å²) in [7, 11) is -3.54. The number of carbonyl (C=O) groups is 2. The normalized spacial score (nSPS) is 19.5. The minimum absolute atomic E-state index is 0.00811. The molecule has 0 radical (unpaired) electrons. The summed E-state index contributed by atoms with van der Waals surface area (Å²) in [6.45, 7) is 2.79. The van der Waals surface area contributed by atoms with Crippen LogP contribution in [0.3, 0.4) is 0 Å². The number of rotatable bonds is 6. The second-order valence-corrected chi connectivity index (χ2v) is 9.83. The van der Waals surface area contributed by atoms with E-state index in [-0.39, 0.29) is 24.5 Å². The first kappa shape index (κ1) is 21.0. The van der Waals surface area contributed by atoms with Crippen molar-refractivity contribution in [3.8, 4) is 0 Å². The van der Waals surface area contributed by atoms with Crippen LogP contribution in [0, 0.1) is 0 Å². The van der Waals surface area contributed by atoms with E-state index < -0.39 is 10.0 Å². The van der Waals surface area contributed by atoms with Gasteiger partial charge >= 0.3 is 0 Å². The molecule has 0 unspecified atom stereocenters. The van der Waals surface area contributed by atoms with Gasteiger partial charge in [-0.3, -0.25) is 4.79 Å². The van der Waals surface area contributed by atoms with Gasteiger partial charge in [-0.25, -0.2) is 8.42 Å². The standard InChI is InChI=1S/C21H30N2O4S/c1-17(24)7-12-21(25)22-13-15-23(16-14-22)28(26,27)20-10-8-19(9-11-20)18-5-3-2-4-6-18/h8-11,18H,2-7,12-16H2,1H3. The van der Waals surface area contributed by atoms with Gasteiger partial charge < -0.3 is 9.69 Å². The van der Waals surface area contributed by atoms with Gasteiger partial charge in [0.15, 0.2) is 0 Å². The molecule has 1 aliphatic carbocycles. The number of hydrogen-bond acceptors (Lipinski definition) is 4. The van der Waals surface area contributed by atoms with Crippen LogP contribution in [0.2, 0.25) is 0 Å². The number of hydrogen-bond donors (Lipinski definition) is 0. The van der Waals surface area contributed by atoms with Crippen molar-refractivity contribution in [2.24, 2.45) is 0 Å². The number of carbonyl (C=O) groups excluding carboxylic acids is 2. The van der Waals surface area contributed by atoms with Crippen molar-refractivity contribution < 1.29 is 18.0 Å². The molecule has 28 heavy (non-hydrogen) atoms. The van der Waals surface area contributed by atoms with Crippen LogP contribution in [-0.2, 0) is 19.6 Å². The Morgan fingerprint density at radius 1 is 0.929 bits per heavy atom. The molecule has 1 aliphatic heterocycles. The lowest BCUT2D eigenvalue weighted by Crippen LogP contribution is -2.50. The summed E-state index contributed by atoms with van der Waals surface area (Å²) in [6.07, 6.45) is 6.61. The Labute approximate surface area is 167 Å². The highest BCUT2D eigenvalue weighted by Crippen LogP contribution is 2.33. The molecule has 0 spiro atoms. The number of benzene rings is 1. The maximum Gasteiger partial charge on any atom is 0.243 e. The first-order valence-electron chi connectivity index (χ1n) is 10.3. The van der Waals surface area contributed by atoms with Gasteiger partial charge in [0.2, 0.25) is 15.9 Å². The van der Waals surface area contributed by atoms with Gasteiger partial charge in [-0.1, -0.05) is 31.4 Å². The average molecular weight is 407 g/mol. The van der Waals surface area contributed by atoms with Crippen LogP contribution in [-0.4, -0.2) is 55.5 Å². The summed E-state index contributed by atoms with van der Waals surface area (Å²) in [5, 5.41) is 0. The number of ketones is 1. The van der Waals surface area contributed by atoms with E-state index in [9.17, 15) is 18.0 Å². The Hall–Kier alpha value is -1.73. The molecule has 0 bridgehead atoms. The molecular formula is C21H30N2O4S. The van der Waals surface area contributed by atoms with Gasteiger partial charge in [0.25, 0.3) is 0 Å². The molecule has 1 aromatic rings. The predicted octanol–water partition coefficient (Wildman–Crippen LogP) is 2.94. The first-order chi connectivity index (χ1) is 13.4. The molecule has 7 heteroatoms. The molecule has 2 aliphatic rings. The lowest BCUT2D eigenvalue weighted by atomic mass is 9.84. The number of Topliss-reactive ketones (excluding diaryl/α,β-unsaturated/α-hetero) is 1. The van der Waals surface area contributed by atoms with E-state index in [1.54, 1.807) is 17.0 Å². The fraction of sp³-hybridized carbons (Fsp3) is 0.619. The van der Waals surface area contributed by atoms with Crippen molar-refractivity contribution in [1.82, 2.24) is 9.21 Å². The minimum atomic E-state index is -3.54. The third-order valence-corrected chi connectivity index (χ3v) is 7.79. The van der Waals surface area contributed by atoms with Crippen molar-refractivity contribution >= 4 is 21.7 Å². The summed E-state index contributed by atoms with van der Waals surface area (Å²) in [5.41, 5.74) is 1.24. The summed E-state index contributed by atoms with van der Waals surface area (Å²) < 4.78 is 27.3. The Bertz CT molecular complexity index is 790. The number of piperazine rings is 1. The SMILES string of the molecule is CC(=O)CCC(=O)N1CCN(S(=O)(=O)c2ccc(C3CCCCC3)cc2)CC1. The van der Waals surface area contributed by atoms with Crippen LogP contribution in [0.1, 0.15) is 63.4 Å². The van der Waals surface area contributed by atoms with Crippen molar-refractivity contribution in [1.29, 1.82) is 0 Å². The van der Waals surface area contributed by atoms with E-state index >= 15 is 0 Å². The van der Waals surface area contributed by atoms with E-state index in [1.807, 2.05) is 12.1 Å². The predicted molar refractivity (Wildman–Crippen MR) is 108 cm³/mol. The molecule has 0 atom stereocenters. The second kappa shape index (κ2) is 9.18. The van der Waals surface area contributed by atoms with E-state index in [2.05, 4.69) is 0 Å². The quantitative estimate of drug-likeness (QED) is 0.728.